The predicted octanol–water partition coefficient (Wildman–Crippen LogP) is -8.04. The first-order valence-electron chi connectivity index (χ1n) is 13.8. The van der Waals surface area contributed by atoms with E-state index in [2.05, 4.69) is 0 Å². The third-order valence-corrected chi connectivity index (χ3v) is 8.08. The molecule has 19 atom stereocenters. The molecule has 0 amide bonds. The van der Waals surface area contributed by atoms with E-state index >= 15 is 0 Å². The fourth-order valence-electron chi connectivity index (χ4n) is 5.44. The molecule has 1 unspecified atom stereocenters. The van der Waals surface area contributed by atoms with Gasteiger partial charge >= 0.3 is 0 Å². The third kappa shape index (κ3) is 7.15. The van der Waals surface area contributed by atoms with Gasteiger partial charge < -0.3 is 94.4 Å². The highest BCUT2D eigenvalue weighted by Gasteiger charge is 2.55. The Bertz CT molecular complexity index is 866. The van der Waals surface area contributed by atoms with Gasteiger partial charge in [0.1, 0.15) is 91.6 Å². The monoisotopic (exact) mass is 634 g/mol. The summed E-state index contributed by atoms with van der Waals surface area (Å²) in [5.74, 6) is 0. The van der Waals surface area contributed by atoms with Crippen LogP contribution in [0.25, 0.3) is 0 Å². The normalized spacial score (nSPS) is 53.1. The maximum Gasteiger partial charge on any atom is 0.187 e. The molecule has 0 spiro atoms. The first-order chi connectivity index (χ1) is 20.3. The van der Waals surface area contributed by atoms with Crippen molar-refractivity contribution in [3.8, 4) is 0 Å². The van der Waals surface area contributed by atoms with Gasteiger partial charge in [0.05, 0.1) is 32.5 Å². The second kappa shape index (κ2) is 14.8. The van der Waals surface area contributed by atoms with E-state index in [-0.39, 0.29) is 0 Å². The van der Waals surface area contributed by atoms with Crippen molar-refractivity contribution in [1.82, 2.24) is 0 Å². The molecule has 43 heavy (non-hydrogen) atoms. The zero-order chi connectivity index (χ0) is 31.7. The maximum absolute atomic E-state index is 11.1. The average molecular weight is 635 g/mol. The lowest BCUT2D eigenvalue weighted by molar-refractivity contribution is -0.399. The zero-order valence-corrected chi connectivity index (χ0v) is 23.0. The maximum atomic E-state index is 11.1. The van der Waals surface area contributed by atoms with Crippen molar-refractivity contribution >= 4 is 0 Å². The third-order valence-electron chi connectivity index (χ3n) is 8.08. The first kappa shape index (κ1) is 35.1. The number of hydrogen-bond donors (Lipinski definition) is 12. The highest BCUT2D eigenvalue weighted by Crippen LogP contribution is 2.35. The van der Waals surface area contributed by atoms with Crippen molar-refractivity contribution in [3.05, 3.63) is 0 Å². The van der Waals surface area contributed by atoms with Gasteiger partial charge in [-0.15, -0.1) is 0 Å². The molecule has 0 saturated carbocycles. The Morgan fingerprint density at radius 1 is 0.488 bits per heavy atom. The van der Waals surface area contributed by atoms with Crippen molar-refractivity contribution < 1.29 is 94.4 Å². The summed E-state index contributed by atoms with van der Waals surface area (Å²) in [5.41, 5.74) is 0. The molecule has 0 radical (unpaired) electrons. The van der Waals surface area contributed by atoms with Crippen LogP contribution >= 0.6 is 0 Å². The van der Waals surface area contributed by atoms with Crippen LogP contribution in [-0.2, 0) is 33.2 Å². The minimum absolute atomic E-state index is 0.496. The molecule has 4 rings (SSSR count). The summed E-state index contributed by atoms with van der Waals surface area (Å²) in [6.45, 7) is -1.42. The number of rotatable bonds is 9. The molecule has 19 heteroatoms. The van der Waals surface area contributed by atoms with Gasteiger partial charge in [-0.25, -0.2) is 0 Å². The zero-order valence-electron chi connectivity index (χ0n) is 23.0. The molecule has 19 nitrogen and oxygen atoms in total. The van der Waals surface area contributed by atoms with Crippen LogP contribution in [0.15, 0.2) is 0 Å². The summed E-state index contributed by atoms with van der Waals surface area (Å²) < 4.78 is 39.4. The van der Waals surface area contributed by atoms with E-state index in [1.807, 2.05) is 0 Å². The Labute approximate surface area is 244 Å². The first-order valence-corrected chi connectivity index (χ1v) is 13.8. The molecule has 4 aliphatic heterocycles. The molecular weight excluding hydrogens is 592 g/mol. The van der Waals surface area contributed by atoms with Gasteiger partial charge in [-0.1, -0.05) is 0 Å². The molecule has 0 aromatic carbocycles. The van der Waals surface area contributed by atoms with Crippen LogP contribution in [-0.4, -0.2) is 204 Å². The summed E-state index contributed by atoms with van der Waals surface area (Å²) in [7, 11) is 0. The number of aliphatic hydroxyl groups is 12. The molecule has 4 saturated heterocycles. The van der Waals surface area contributed by atoms with Crippen molar-refractivity contribution in [2.24, 2.45) is 0 Å². The Morgan fingerprint density at radius 3 is 1.65 bits per heavy atom. The van der Waals surface area contributed by atoms with Gasteiger partial charge in [-0.05, 0) is 6.92 Å². The molecular formula is C24H42O19. The fourth-order valence-corrected chi connectivity index (χ4v) is 5.44. The summed E-state index contributed by atoms with van der Waals surface area (Å²) in [4.78, 5) is 0. The molecule has 252 valence electrons. The number of ether oxygens (including phenoxy) is 7. The van der Waals surface area contributed by atoms with Gasteiger partial charge in [-0.3, -0.25) is 0 Å². The molecule has 12 N–H and O–H groups in total. The van der Waals surface area contributed by atoms with E-state index in [1.165, 1.54) is 6.92 Å². The second-order valence-electron chi connectivity index (χ2n) is 11.0. The summed E-state index contributed by atoms with van der Waals surface area (Å²) in [6.07, 6.45) is -31.2. The quantitative estimate of drug-likeness (QED) is 0.112. The lowest BCUT2D eigenvalue weighted by atomic mass is 9.94. The Hall–Kier alpha value is -0.760. The smallest absolute Gasteiger partial charge is 0.187 e. The summed E-state index contributed by atoms with van der Waals surface area (Å²) in [5, 5.41) is 123. The van der Waals surface area contributed by atoms with Crippen molar-refractivity contribution in [3.63, 3.8) is 0 Å². The van der Waals surface area contributed by atoms with Gasteiger partial charge in [0, 0.05) is 0 Å². The minimum Gasteiger partial charge on any atom is -0.394 e. The molecule has 4 fully saturated rings. The molecule has 4 heterocycles. The lowest BCUT2D eigenvalue weighted by Gasteiger charge is -2.50. The van der Waals surface area contributed by atoms with Crippen LogP contribution in [0.3, 0.4) is 0 Å². The Morgan fingerprint density at radius 2 is 1.02 bits per heavy atom. The second-order valence-corrected chi connectivity index (χ2v) is 11.0. The van der Waals surface area contributed by atoms with Crippen LogP contribution < -0.4 is 0 Å². The van der Waals surface area contributed by atoms with E-state index in [4.69, 9.17) is 33.2 Å². The van der Waals surface area contributed by atoms with E-state index in [9.17, 15) is 61.3 Å². The van der Waals surface area contributed by atoms with E-state index < -0.39 is 143 Å². The SMILES string of the molecule is C[C@@H]1O[C@H](CO)[C@H](O[C@H]2O[C@H](CO)[C@@H](O)[C@H](OC3OC[C@@H](O)[C@H](O)[C@H]3O)[C@H]2O[C@@H]2O[C@H](CO)[C@@H](O)[C@H](O)[C@H]2O)[C@H](O)[C@H]1O. The van der Waals surface area contributed by atoms with E-state index in [1.54, 1.807) is 0 Å². The molecule has 0 aromatic rings. The molecule has 4 aliphatic rings. The van der Waals surface area contributed by atoms with Crippen LogP contribution in [0.5, 0.6) is 0 Å². The number of hydrogen-bond acceptors (Lipinski definition) is 19. The van der Waals surface area contributed by atoms with Crippen LogP contribution in [0.4, 0.5) is 0 Å². The highest BCUT2D eigenvalue weighted by molar-refractivity contribution is 4.98. The molecule has 0 aromatic heterocycles. The van der Waals surface area contributed by atoms with Gasteiger partial charge in [0.15, 0.2) is 18.9 Å². The van der Waals surface area contributed by atoms with E-state index in [0.29, 0.717) is 0 Å². The average Bonchev–Trinajstić information content (AvgIpc) is 2.99. The Balaban J connectivity index is 1.68. The highest BCUT2D eigenvalue weighted by atomic mass is 16.8. The van der Waals surface area contributed by atoms with Gasteiger partial charge in [0.25, 0.3) is 0 Å². The summed E-state index contributed by atoms with van der Waals surface area (Å²) in [6, 6.07) is 0. The topological polar surface area (TPSA) is 307 Å². The van der Waals surface area contributed by atoms with Crippen LogP contribution in [0.1, 0.15) is 6.92 Å². The fraction of sp³-hybridized carbons (Fsp3) is 1.00. The predicted molar refractivity (Wildman–Crippen MR) is 131 cm³/mol. The van der Waals surface area contributed by atoms with Crippen LogP contribution in [0, 0.1) is 0 Å². The van der Waals surface area contributed by atoms with E-state index in [0.717, 1.165) is 0 Å². The largest absolute Gasteiger partial charge is 0.394 e. The van der Waals surface area contributed by atoms with Crippen molar-refractivity contribution in [1.29, 1.82) is 0 Å². The van der Waals surface area contributed by atoms with Gasteiger partial charge in [-0.2, -0.15) is 0 Å². The minimum atomic E-state index is -1.96. The standard InChI is InChI=1S/C24H42O19/c1-6-11(29)16(34)19(10(4-27)38-6)41-24-21(43-23-18(36)15(33)13(31)8(2-25)39-23)20(14(32)9(3-26)40-24)42-22-17(35)12(30)7(28)5-37-22/h6-36H,2-5H2,1H3/t6-,7+,8+,9+,10+,11-,12-,13+,14+,15-,16+,17+,18+,19-,20-,21+,22?,23-,24+/m0/s1. The van der Waals surface area contributed by atoms with Gasteiger partial charge in [0.2, 0.25) is 0 Å². The number of aliphatic hydroxyl groups excluding tert-OH is 12. The van der Waals surface area contributed by atoms with Crippen molar-refractivity contribution in [2.45, 2.75) is 123 Å². The van der Waals surface area contributed by atoms with Crippen LogP contribution in [0.2, 0.25) is 0 Å². The molecule has 0 bridgehead atoms. The Kier molecular flexibility index (Phi) is 12.1. The lowest BCUT2D eigenvalue weighted by Crippen LogP contribution is -2.68. The van der Waals surface area contributed by atoms with Crippen molar-refractivity contribution in [2.75, 3.05) is 26.4 Å². The summed E-state index contributed by atoms with van der Waals surface area (Å²) >= 11 is 0. The molecule has 0 aliphatic carbocycles.